The van der Waals surface area contributed by atoms with Gasteiger partial charge in [-0.2, -0.15) is 5.10 Å². The van der Waals surface area contributed by atoms with Crippen LogP contribution in [0.5, 0.6) is 0 Å². The first-order chi connectivity index (χ1) is 8.15. The van der Waals surface area contributed by atoms with E-state index in [4.69, 9.17) is 23.2 Å². The molecular weight excluding hydrogens is 259 g/mol. The molecule has 0 atom stereocenters. The second kappa shape index (κ2) is 5.21. The summed E-state index contributed by atoms with van der Waals surface area (Å²) in [5, 5.41) is 5.18. The lowest BCUT2D eigenvalue weighted by atomic mass is 10.3. The third kappa shape index (κ3) is 3.22. The fourth-order valence-electron chi connectivity index (χ4n) is 1.28. The Hall–Kier alpha value is -1.52. The van der Waals surface area contributed by atoms with Crippen LogP contribution in [0.25, 0.3) is 0 Å². The minimum absolute atomic E-state index is 0.562. The van der Waals surface area contributed by atoms with Gasteiger partial charge in [0.1, 0.15) is 0 Å². The van der Waals surface area contributed by atoms with E-state index in [0.29, 0.717) is 10.0 Å². The highest BCUT2D eigenvalue weighted by molar-refractivity contribution is 6.35. The van der Waals surface area contributed by atoms with Gasteiger partial charge in [0.15, 0.2) is 5.82 Å². The van der Waals surface area contributed by atoms with Crippen molar-refractivity contribution in [3.05, 3.63) is 46.5 Å². The van der Waals surface area contributed by atoms with Crippen LogP contribution in [0.4, 0.5) is 5.69 Å². The summed E-state index contributed by atoms with van der Waals surface area (Å²) < 4.78 is 1.86. The van der Waals surface area contributed by atoms with Crippen LogP contribution in [-0.4, -0.2) is 15.8 Å². The van der Waals surface area contributed by atoms with E-state index in [9.17, 15) is 0 Å². The zero-order valence-corrected chi connectivity index (χ0v) is 10.6. The normalized spacial score (nSPS) is 11.0. The second-order valence-electron chi connectivity index (χ2n) is 3.42. The number of hydrazone groups is 1. The summed E-state index contributed by atoms with van der Waals surface area (Å²) in [4.78, 5) is 4.10. The third-order valence-corrected chi connectivity index (χ3v) is 2.53. The molecule has 0 saturated heterocycles. The molecule has 2 aromatic rings. The number of anilines is 1. The molecule has 0 unspecified atom stereocenters. The van der Waals surface area contributed by atoms with Crippen LogP contribution >= 0.6 is 23.2 Å². The largest absolute Gasteiger partial charge is 0.333 e. The van der Waals surface area contributed by atoms with Gasteiger partial charge in [0, 0.05) is 29.5 Å². The Kier molecular flexibility index (Phi) is 3.66. The van der Waals surface area contributed by atoms with Gasteiger partial charge in [-0.3, -0.25) is 5.43 Å². The average Bonchev–Trinajstić information content (AvgIpc) is 2.63. The topological polar surface area (TPSA) is 42.2 Å². The molecule has 0 aliphatic rings. The predicted octanol–water partition coefficient (Wildman–Crippen LogP) is 3.17. The Labute approximate surface area is 109 Å². The zero-order valence-electron chi connectivity index (χ0n) is 9.06. The molecular formula is C11H10Cl2N4. The summed E-state index contributed by atoms with van der Waals surface area (Å²) in [5.41, 5.74) is 3.57. The fraction of sp³-hybridized carbons (Fsp3) is 0.0909. The van der Waals surface area contributed by atoms with Crippen LogP contribution in [0.1, 0.15) is 5.82 Å². The third-order valence-electron chi connectivity index (χ3n) is 2.09. The lowest BCUT2D eigenvalue weighted by molar-refractivity contribution is 0.901. The number of halogens is 2. The molecule has 17 heavy (non-hydrogen) atoms. The summed E-state index contributed by atoms with van der Waals surface area (Å²) >= 11 is 11.7. The molecule has 0 bridgehead atoms. The molecule has 0 saturated carbocycles. The van der Waals surface area contributed by atoms with Gasteiger partial charge in [0.25, 0.3) is 0 Å². The molecule has 2 rings (SSSR count). The highest BCUT2D eigenvalue weighted by atomic mass is 35.5. The Bertz CT molecular complexity index is 528. The summed E-state index contributed by atoms with van der Waals surface area (Å²) in [6, 6.07) is 5.14. The second-order valence-corrected chi connectivity index (χ2v) is 4.30. The SMILES string of the molecule is Cn1ccnc1C=NNc1cc(Cl)cc(Cl)c1. The number of hydrogen-bond acceptors (Lipinski definition) is 3. The minimum Gasteiger partial charge on any atom is -0.333 e. The van der Waals surface area contributed by atoms with Gasteiger partial charge >= 0.3 is 0 Å². The van der Waals surface area contributed by atoms with Crippen molar-refractivity contribution in [2.45, 2.75) is 0 Å². The summed E-state index contributed by atoms with van der Waals surface area (Å²) in [5.74, 6) is 0.755. The van der Waals surface area contributed by atoms with Crippen molar-refractivity contribution in [3.63, 3.8) is 0 Å². The number of rotatable bonds is 3. The van der Waals surface area contributed by atoms with E-state index < -0.39 is 0 Å². The monoisotopic (exact) mass is 268 g/mol. The number of nitrogens with zero attached hydrogens (tertiary/aromatic N) is 3. The van der Waals surface area contributed by atoms with Crippen molar-refractivity contribution in [2.24, 2.45) is 12.1 Å². The van der Waals surface area contributed by atoms with Crippen molar-refractivity contribution in [1.29, 1.82) is 0 Å². The van der Waals surface area contributed by atoms with E-state index in [1.807, 2.05) is 17.8 Å². The molecule has 0 spiro atoms. The Balaban J connectivity index is 2.07. The highest BCUT2D eigenvalue weighted by Gasteiger charge is 1.97. The van der Waals surface area contributed by atoms with E-state index in [1.165, 1.54) is 0 Å². The number of benzene rings is 1. The van der Waals surface area contributed by atoms with E-state index in [1.54, 1.807) is 30.6 Å². The van der Waals surface area contributed by atoms with Crippen LogP contribution in [0.2, 0.25) is 10.0 Å². The maximum absolute atomic E-state index is 5.86. The molecule has 6 heteroatoms. The van der Waals surface area contributed by atoms with Crippen molar-refractivity contribution in [3.8, 4) is 0 Å². The van der Waals surface area contributed by atoms with E-state index in [0.717, 1.165) is 11.5 Å². The van der Waals surface area contributed by atoms with Gasteiger partial charge in [0.2, 0.25) is 0 Å². The summed E-state index contributed by atoms with van der Waals surface area (Å²) in [6.45, 7) is 0. The van der Waals surface area contributed by atoms with Crippen molar-refractivity contribution >= 4 is 35.1 Å². The summed E-state index contributed by atoms with van der Waals surface area (Å²) in [7, 11) is 1.89. The summed E-state index contributed by atoms with van der Waals surface area (Å²) in [6.07, 6.45) is 5.17. The van der Waals surface area contributed by atoms with E-state index in [-0.39, 0.29) is 0 Å². The van der Waals surface area contributed by atoms with Crippen molar-refractivity contribution < 1.29 is 0 Å². The number of nitrogens with one attached hydrogen (secondary N) is 1. The zero-order chi connectivity index (χ0) is 12.3. The van der Waals surface area contributed by atoms with Crippen LogP contribution in [0.3, 0.4) is 0 Å². The molecule has 0 aliphatic heterocycles. The number of hydrogen-bond donors (Lipinski definition) is 1. The smallest absolute Gasteiger partial charge is 0.152 e. The molecule has 1 heterocycles. The van der Waals surface area contributed by atoms with E-state index >= 15 is 0 Å². The van der Waals surface area contributed by atoms with Crippen LogP contribution in [-0.2, 0) is 7.05 Å². The molecule has 4 nitrogen and oxygen atoms in total. The van der Waals surface area contributed by atoms with E-state index in [2.05, 4.69) is 15.5 Å². The molecule has 0 amide bonds. The maximum Gasteiger partial charge on any atom is 0.152 e. The Morgan fingerprint density at radius 2 is 2.00 bits per heavy atom. The molecule has 88 valence electrons. The first-order valence-electron chi connectivity index (χ1n) is 4.87. The molecule has 0 aliphatic carbocycles. The van der Waals surface area contributed by atoms with Crippen molar-refractivity contribution in [2.75, 3.05) is 5.43 Å². The quantitative estimate of drug-likeness (QED) is 0.686. The van der Waals surface area contributed by atoms with Crippen LogP contribution in [0, 0.1) is 0 Å². The highest BCUT2D eigenvalue weighted by Crippen LogP contribution is 2.22. The molecule has 1 N–H and O–H groups in total. The van der Waals surface area contributed by atoms with Gasteiger partial charge in [-0.15, -0.1) is 0 Å². The van der Waals surface area contributed by atoms with Gasteiger partial charge in [-0.1, -0.05) is 23.2 Å². The molecule has 0 fully saturated rings. The minimum atomic E-state index is 0.562. The Morgan fingerprint density at radius 3 is 2.59 bits per heavy atom. The van der Waals surface area contributed by atoms with Gasteiger partial charge in [0.05, 0.1) is 11.9 Å². The first kappa shape index (κ1) is 12.0. The van der Waals surface area contributed by atoms with Gasteiger partial charge < -0.3 is 4.57 Å². The molecule has 1 aromatic carbocycles. The van der Waals surface area contributed by atoms with Crippen LogP contribution in [0.15, 0.2) is 35.7 Å². The standard InChI is InChI=1S/C11H10Cl2N4/c1-17-3-2-14-11(17)7-15-16-10-5-8(12)4-9(13)6-10/h2-7,16H,1H3. The average molecular weight is 269 g/mol. The number of imidazole rings is 1. The number of aromatic nitrogens is 2. The lowest BCUT2D eigenvalue weighted by Gasteiger charge is -2.01. The molecule has 0 radical (unpaired) electrons. The first-order valence-corrected chi connectivity index (χ1v) is 5.63. The predicted molar refractivity (Wildman–Crippen MR) is 70.9 cm³/mol. The van der Waals surface area contributed by atoms with Gasteiger partial charge in [-0.05, 0) is 18.2 Å². The maximum atomic E-state index is 5.86. The Morgan fingerprint density at radius 1 is 1.29 bits per heavy atom. The lowest BCUT2D eigenvalue weighted by Crippen LogP contribution is -1.97. The van der Waals surface area contributed by atoms with Gasteiger partial charge in [-0.25, -0.2) is 4.98 Å². The van der Waals surface area contributed by atoms with Crippen molar-refractivity contribution in [1.82, 2.24) is 9.55 Å². The fourth-order valence-corrected chi connectivity index (χ4v) is 1.81. The molecule has 1 aromatic heterocycles. The van der Waals surface area contributed by atoms with Crippen LogP contribution < -0.4 is 5.43 Å². The number of aryl methyl sites for hydroxylation is 1.